The van der Waals surface area contributed by atoms with Crippen LogP contribution in [0.4, 0.5) is 5.95 Å². The molecule has 0 aliphatic rings. The normalized spacial score (nSPS) is 10.9. The summed E-state index contributed by atoms with van der Waals surface area (Å²) in [5.41, 5.74) is 7.85. The summed E-state index contributed by atoms with van der Waals surface area (Å²) in [4.78, 5) is 25.3. The third-order valence-corrected chi connectivity index (χ3v) is 2.67. The average molecular weight is 241 g/mol. The van der Waals surface area contributed by atoms with E-state index in [1.54, 1.807) is 0 Å². The summed E-state index contributed by atoms with van der Waals surface area (Å²) in [6, 6.07) is 7.83. The number of aromatic amines is 2. The number of fused-ring (bicyclic) bond motifs is 1. The molecule has 0 spiro atoms. The molecule has 0 fully saturated rings. The van der Waals surface area contributed by atoms with Gasteiger partial charge in [-0.05, 0) is 13.0 Å². The molecule has 2 heterocycles. The van der Waals surface area contributed by atoms with Crippen molar-refractivity contribution in [1.29, 1.82) is 0 Å². The van der Waals surface area contributed by atoms with E-state index in [9.17, 15) is 4.79 Å². The molecule has 0 aliphatic heterocycles. The quantitative estimate of drug-likeness (QED) is 0.596. The SMILES string of the molecule is Cc1cccc(-c2nc3nc(N)[nH]c(=O)c3[nH]2)c1. The van der Waals surface area contributed by atoms with Crippen LogP contribution in [-0.2, 0) is 0 Å². The predicted octanol–water partition coefficient (Wildman–Crippen LogP) is 1.20. The fourth-order valence-electron chi connectivity index (χ4n) is 1.85. The lowest BCUT2D eigenvalue weighted by Crippen LogP contribution is -2.10. The van der Waals surface area contributed by atoms with E-state index in [4.69, 9.17) is 5.73 Å². The number of nitrogen functional groups attached to an aromatic ring is 1. The molecule has 2 aromatic heterocycles. The Bertz CT molecular complexity index is 787. The van der Waals surface area contributed by atoms with Crippen LogP contribution in [0.15, 0.2) is 29.1 Å². The van der Waals surface area contributed by atoms with Crippen molar-refractivity contribution in [2.45, 2.75) is 6.92 Å². The first-order valence-corrected chi connectivity index (χ1v) is 5.46. The number of anilines is 1. The van der Waals surface area contributed by atoms with Crippen molar-refractivity contribution in [1.82, 2.24) is 19.9 Å². The van der Waals surface area contributed by atoms with Crippen LogP contribution in [0.25, 0.3) is 22.6 Å². The van der Waals surface area contributed by atoms with Crippen molar-refractivity contribution in [3.8, 4) is 11.4 Å². The van der Waals surface area contributed by atoms with E-state index in [1.165, 1.54) is 0 Å². The summed E-state index contributed by atoms with van der Waals surface area (Å²) in [6.07, 6.45) is 0. The molecule has 0 amide bonds. The van der Waals surface area contributed by atoms with Gasteiger partial charge in [-0.2, -0.15) is 4.98 Å². The largest absolute Gasteiger partial charge is 0.369 e. The van der Waals surface area contributed by atoms with Gasteiger partial charge in [0, 0.05) is 5.56 Å². The molecule has 0 atom stereocenters. The van der Waals surface area contributed by atoms with Crippen molar-refractivity contribution >= 4 is 17.1 Å². The summed E-state index contributed by atoms with van der Waals surface area (Å²) >= 11 is 0. The maximum absolute atomic E-state index is 11.7. The average Bonchev–Trinajstić information content (AvgIpc) is 2.73. The molecule has 4 N–H and O–H groups in total. The van der Waals surface area contributed by atoms with Crippen LogP contribution in [0.2, 0.25) is 0 Å². The van der Waals surface area contributed by atoms with Crippen LogP contribution in [0.1, 0.15) is 5.56 Å². The highest BCUT2D eigenvalue weighted by Crippen LogP contribution is 2.18. The lowest BCUT2D eigenvalue weighted by Gasteiger charge is -1.97. The zero-order valence-corrected chi connectivity index (χ0v) is 9.69. The van der Waals surface area contributed by atoms with Crippen molar-refractivity contribution in [3.63, 3.8) is 0 Å². The van der Waals surface area contributed by atoms with Crippen molar-refractivity contribution in [2.24, 2.45) is 0 Å². The fraction of sp³-hybridized carbons (Fsp3) is 0.0833. The molecular formula is C12H11N5O. The Kier molecular flexibility index (Phi) is 2.16. The Balaban J connectivity index is 2.26. The minimum Gasteiger partial charge on any atom is -0.369 e. The number of hydrogen-bond donors (Lipinski definition) is 3. The van der Waals surface area contributed by atoms with E-state index in [2.05, 4.69) is 19.9 Å². The molecule has 0 aliphatic carbocycles. The van der Waals surface area contributed by atoms with Gasteiger partial charge in [0.15, 0.2) is 11.2 Å². The Morgan fingerprint density at radius 2 is 2.06 bits per heavy atom. The van der Waals surface area contributed by atoms with Crippen LogP contribution in [-0.4, -0.2) is 19.9 Å². The highest BCUT2D eigenvalue weighted by atomic mass is 16.1. The Hall–Kier alpha value is -2.63. The molecule has 0 unspecified atom stereocenters. The number of aryl methyl sites for hydroxylation is 1. The highest BCUT2D eigenvalue weighted by Gasteiger charge is 2.09. The minimum absolute atomic E-state index is 0.0646. The molecule has 0 radical (unpaired) electrons. The Labute approximate surface area is 102 Å². The number of benzene rings is 1. The van der Waals surface area contributed by atoms with E-state index in [1.807, 2.05) is 31.2 Å². The van der Waals surface area contributed by atoms with Gasteiger partial charge >= 0.3 is 0 Å². The first-order valence-electron chi connectivity index (χ1n) is 5.46. The lowest BCUT2D eigenvalue weighted by molar-refractivity contribution is 1.17. The van der Waals surface area contributed by atoms with Crippen LogP contribution >= 0.6 is 0 Å². The standard InChI is InChI=1S/C12H11N5O/c1-6-3-2-4-7(5-6)9-14-8-10(15-9)16-12(13)17-11(8)18/h2-5H,1H3,(H4,13,14,15,16,17,18). The fourth-order valence-corrected chi connectivity index (χ4v) is 1.85. The summed E-state index contributed by atoms with van der Waals surface area (Å²) in [5, 5.41) is 0. The van der Waals surface area contributed by atoms with Gasteiger partial charge in [-0.25, -0.2) is 4.98 Å². The van der Waals surface area contributed by atoms with Crippen LogP contribution in [0.5, 0.6) is 0 Å². The number of rotatable bonds is 1. The van der Waals surface area contributed by atoms with Crippen LogP contribution in [0, 0.1) is 6.92 Å². The number of nitrogens with one attached hydrogen (secondary N) is 2. The Morgan fingerprint density at radius 1 is 1.22 bits per heavy atom. The second-order valence-corrected chi connectivity index (χ2v) is 4.10. The smallest absolute Gasteiger partial charge is 0.278 e. The molecule has 6 nitrogen and oxygen atoms in total. The molecule has 3 aromatic rings. The zero-order valence-electron chi connectivity index (χ0n) is 9.69. The van der Waals surface area contributed by atoms with Crippen LogP contribution < -0.4 is 11.3 Å². The van der Waals surface area contributed by atoms with Gasteiger partial charge in [0.05, 0.1) is 0 Å². The van der Waals surface area contributed by atoms with E-state index in [0.29, 0.717) is 17.0 Å². The predicted molar refractivity (Wildman–Crippen MR) is 69.1 cm³/mol. The number of hydrogen-bond acceptors (Lipinski definition) is 4. The lowest BCUT2D eigenvalue weighted by atomic mass is 10.1. The first kappa shape index (κ1) is 10.5. The highest BCUT2D eigenvalue weighted by molar-refractivity contribution is 5.75. The van der Waals surface area contributed by atoms with E-state index < -0.39 is 0 Å². The third-order valence-electron chi connectivity index (χ3n) is 2.67. The first-order chi connectivity index (χ1) is 8.63. The van der Waals surface area contributed by atoms with Gasteiger partial charge in [0.2, 0.25) is 5.95 Å². The summed E-state index contributed by atoms with van der Waals surface area (Å²) in [7, 11) is 0. The van der Waals surface area contributed by atoms with Gasteiger partial charge in [0.1, 0.15) is 5.82 Å². The number of nitrogens with zero attached hydrogens (tertiary/aromatic N) is 2. The van der Waals surface area contributed by atoms with Gasteiger partial charge in [0.25, 0.3) is 5.56 Å². The molecule has 6 heteroatoms. The van der Waals surface area contributed by atoms with Gasteiger partial charge < -0.3 is 10.7 Å². The maximum Gasteiger partial charge on any atom is 0.278 e. The van der Waals surface area contributed by atoms with Crippen LogP contribution in [0.3, 0.4) is 0 Å². The summed E-state index contributed by atoms with van der Waals surface area (Å²) in [6.45, 7) is 2.00. The third kappa shape index (κ3) is 1.64. The summed E-state index contributed by atoms with van der Waals surface area (Å²) < 4.78 is 0. The zero-order chi connectivity index (χ0) is 12.7. The molecule has 0 bridgehead atoms. The minimum atomic E-state index is -0.316. The van der Waals surface area contributed by atoms with Crippen molar-refractivity contribution in [3.05, 3.63) is 40.2 Å². The molecule has 90 valence electrons. The monoisotopic (exact) mass is 241 g/mol. The van der Waals surface area contributed by atoms with Crippen molar-refractivity contribution < 1.29 is 0 Å². The van der Waals surface area contributed by atoms with E-state index in [0.717, 1.165) is 11.1 Å². The summed E-state index contributed by atoms with van der Waals surface area (Å²) in [5.74, 6) is 0.673. The second kappa shape index (κ2) is 3.69. The van der Waals surface area contributed by atoms with Gasteiger partial charge in [-0.3, -0.25) is 9.78 Å². The van der Waals surface area contributed by atoms with Gasteiger partial charge in [-0.15, -0.1) is 0 Å². The molecule has 0 saturated carbocycles. The molecular weight excluding hydrogens is 230 g/mol. The number of imidazole rings is 1. The number of nitrogens with two attached hydrogens (primary N) is 1. The Morgan fingerprint density at radius 3 is 2.83 bits per heavy atom. The number of H-pyrrole nitrogens is 2. The number of aromatic nitrogens is 4. The second-order valence-electron chi connectivity index (χ2n) is 4.10. The molecule has 0 saturated heterocycles. The van der Waals surface area contributed by atoms with E-state index in [-0.39, 0.29) is 11.5 Å². The topological polar surface area (TPSA) is 100 Å². The molecule has 3 rings (SSSR count). The van der Waals surface area contributed by atoms with E-state index >= 15 is 0 Å². The van der Waals surface area contributed by atoms with Crippen molar-refractivity contribution in [2.75, 3.05) is 5.73 Å². The molecule has 1 aromatic carbocycles. The van der Waals surface area contributed by atoms with Gasteiger partial charge in [-0.1, -0.05) is 23.8 Å². The maximum atomic E-state index is 11.7. The molecule has 18 heavy (non-hydrogen) atoms.